The molecule has 1 heterocycles. The summed E-state index contributed by atoms with van der Waals surface area (Å²) in [6, 6.07) is 11.0. The van der Waals surface area contributed by atoms with E-state index in [9.17, 15) is 13.7 Å². The van der Waals surface area contributed by atoms with Crippen molar-refractivity contribution in [2.45, 2.75) is 17.9 Å². The van der Waals surface area contributed by atoms with Crippen LogP contribution in [0, 0.1) is 10.6 Å². The molecule has 0 spiro atoms. The lowest BCUT2D eigenvalue weighted by molar-refractivity contribution is 0.199. The van der Waals surface area contributed by atoms with Gasteiger partial charge in [-0.05, 0) is 43.3 Å². The number of anilines is 2. The minimum absolute atomic E-state index is 0.000484. The van der Waals surface area contributed by atoms with E-state index in [2.05, 4.69) is 15.0 Å². The standard InChI is InChI=1S/C19H21FN4O3S/c1-12(25)11-23-28(21,26)14-4-6-18(16(20)10-14)24-17-7-8-22-19-9-13(27-2)3-5-15(17)19/h3-10,12,25H,11H2,1-2H3,(H,22,24)(H2,21,23,26)/t12-,28?/m1/s1. The fraction of sp³-hybridized carbons (Fsp3) is 0.211. The van der Waals surface area contributed by atoms with E-state index in [-0.39, 0.29) is 17.1 Å². The second kappa shape index (κ2) is 8.09. The van der Waals surface area contributed by atoms with E-state index in [0.29, 0.717) is 17.0 Å². The first-order valence-corrected chi connectivity index (χ1v) is 10.1. The molecule has 3 rings (SSSR count). The fourth-order valence-corrected chi connectivity index (χ4v) is 3.78. The Bertz CT molecular complexity index is 1100. The van der Waals surface area contributed by atoms with Crippen LogP contribution in [0.1, 0.15) is 6.92 Å². The van der Waals surface area contributed by atoms with Crippen LogP contribution in [-0.4, -0.2) is 34.1 Å². The molecule has 2 aromatic carbocycles. The minimum atomic E-state index is -3.41. The molecule has 28 heavy (non-hydrogen) atoms. The maximum Gasteiger partial charge on any atom is 0.147 e. The van der Waals surface area contributed by atoms with Gasteiger partial charge in [0.2, 0.25) is 0 Å². The molecule has 7 nitrogen and oxygen atoms in total. The molecule has 0 saturated carbocycles. The van der Waals surface area contributed by atoms with Crippen LogP contribution in [0.4, 0.5) is 15.8 Å². The van der Waals surface area contributed by atoms with Crippen molar-refractivity contribution >= 4 is 32.2 Å². The van der Waals surface area contributed by atoms with Crippen LogP contribution >= 0.6 is 0 Å². The number of nitrogens with one attached hydrogen (secondary N) is 3. The van der Waals surface area contributed by atoms with Gasteiger partial charge in [-0.25, -0.2) is 18.1 Å². The van der Waals surface area contributed by atoms with Crippen molar-refractivity contribution in [1.29, 1.82) is 4.78 Å². The predicted octanol–water partition coefficient (Wildman–Crippen LogP) is 3.42. The van der Waals surface area contributed by atoms with Crippen LogP contribution < -0.4 is 14.8 Å². The van der Waals surface area contributed by atoms with Crippen LogP contribution in [0.2, 0.25) is 0 Å². The Hall–Kier alpha value is -2.75. The molecule has 9 heteroatoms. The van der Waals surface area contributed by atoms with Crippen molar-refractivity contribution in [3.8, 4) is 5.75 Å². The van der Waals surface area contributed by atoms with E-state index in [1.807, 2.05) is 6.07 Å². The van der Waals surface area contributed by atoms with Gasteiger partial charge in [-0.2, -0.15) is 0 Å². The van der Waals surface area contributed by atoms with Gasteiger partial charge in [0.05, 0.1) is 29.3 Å². The third kappa shape index (κ3) is 4.38. The van der Waals surface area contributed by atoms with Gasteiger partial charge in [0, 0.05) is 29.9 Å². The highest BCUT2D eigenvalue weighted by molar-refractivity contribution is 7.90. The molecule has 3 aromatic rings. The highest BCUT2D eigenvalue weighted by atomic mass is 32.2. The molecule has 1 unspecified atom stereocenters. The van der Waals surface area contributed by atoms with E-state index in [4.69, 9.17) is 9.52 Å². The molecular weight excluding hydrogens is 383 g/mol. The normalized spacial score (nSPS) is 14.4. The number of fused-ring (bicyclic) bond motifs is 1. The van der Waals surface area contributed by atoms with Gasteiger partial charge in [0.15, 0.2) is 0 Å². The lowest BCUT2D eigenvalue weighted by atomic mass is 10.1. The Morgan fingerprint density at radius 3 is 2.71 bits per heavy atom. The van der Waals surface area contributed by atoms with Gasteiger partial charge < -0.3 is 15.2 Å². The number of pyridine rings is 1. The number of aliphatic hydroxyl groups is 1. The average molecular weight is 404 g/mol. The molecule has 0 fully saturated rings. The summed E-state index contributed by atoms with van der Waals surface area (Å²) in [7, 11) is -1.84. The Balaban J connectivity index is 1.89. The van der Waals surface area contributed by atoms with Crippen molar-refractivity contribution in [3.63, 3.8) is 0 Å². The molecule has 4 N–H and O–H groups in total. The van der Waals surface area contributed by atoms with E-state index in [1.165, 1.54) is 19.1 Å². The first-order chi connectivity index (χ1) is 13.3. The molecular formula is C19H21FN4O3S. The van der Waals surface area contributed by atoms with Crippen LogP contribution in [0.25, 0.3) is 10.9 Å². The molecule has 2 atom stereocenters. The van der Waals surface area contributed by atoms with Crippen LogP contribution in [0.3, 0.4) is 0 Å². The predicted molar refractivity (Wildman–Crippen MR) is 107 cm³/mol. The van der Waals surface area contributed by atoms with Crippen molar-refractivity contribution in [2.75, 3.05) is 19.0 Å². The van der Waals surface area contributed by atoms with E-state index < -0.39 is 21.8 Å². The number of benzene rings is 2. The highest BCUT2D eigenvalue weighted by Crippen LogP contribution is 2.29. The zero-order valence-corrected chi connectivity index (χ0v) is 16.2. The van der Waals surface area contributed by atoms with Crippen LogP contribution in [0.15, 0.2) is 53.6 Å². The first kappa shape index (κ1) is 20.0. The monoisotopic (exact) mass is 404 g/mol. The smallest absolute Gasteiger partial charge is 0.147 e. The van der Waals surface area contributed by atoms with Gasteiger partial charge in [0.25, 0.3) is 0 Å². The van der Waals surface area contributed by atoms with Crippen LogP contribution in [0.5, 0.6) is 5.75 Å². The largest absolute Gasteiger partial charge is 0.497 e. The average Bonchev–Trinajstić information content (AvgIpc) is 2.67. The molecule has 148 valence electrons. The Labute approximate surface area is 162 Å². The molecule has 0 aliphatic carbocycles. The van der Waals surface area contributed by atoms with Crippen molar-refractivity contribution in [1.82, 2.24) is 9.71 Å². The van der Waals surface area contributed by atoms with E-state index >= 15 is 0 Å². The molecule has 1 aromatic heterocycles. The molecule has 0 aliphatic heterocycles. The number of hydrogen-bond donors (Lipinski definition) is 4. The second-order valence-electron chi connectivity index (χ2n) is 6.26. The van der Waals surface area contributed by atoms with E-state index in [1.54, 1.807) is 31.5 Å². The lowest BCUT2D eigenvalue weighted by Gasteiger charge is -2.14. The van der Waals surface area contributed by atoms with Gasteiger partial charge in [-0.3, -0.25) is 4.98 Å². The minimum Gasteiger partial charge on any atom is -0.497 e. The van der Waals surface area contributed by atoms with Gasteiger partial charge >= 0.3 is 0 Å². The van der Waals surface area contributed by atoms with Crippen molar-refractivity contribution < 1.29 is 18.4 Å². The second-order valence-corrected chi connectivity index (χ2v) is 8.13. The Kier molecular flexibility index (Phi) is 5.78. The number of rotatable bonds is 7. The number of ether oxygens (including phenoxy) is 1. The summed E-state index contributed by atoms with van der Waals surface area (Å²) in [5.74, 6) is 0.0254. The zero-order valence-electron chi connectivity index (χ0n) is 15.4. The summed E-state index contributed by atoms with van der Waals surface area (Å²) in [6.45, 7) is 1.47. The summed E-state index contributed by atoms with van der Waals surface area (Å²) in [5.41, 5.74) is 1.52. The molecule has 0 aliphatic rings. The van der Waals surface area contributed by atoms with Gasteiger partial charge in [-0.15, -0.1) is 0 Å². The quantitative estimate of drug-likeness (QED) is 0.483. The van der Waals surface area contributed by atoms with Crippen molar-refractivity contribution in [2.24, 2.45) is 0 Å². The summed E-state index contributed by atoms with van der Waals surface area (Å²) in [5, 5.41) is 13.1. The van der Waals surface area contributed by atoms with E-state index in [0.717, 1.165) is 11.5 Å². The molecule has 0 bridgehead atoms. The number of hydrogen-bond acceptors (Lipinski definition) is 6. The Morgan fingerprint density at radius 1 is 1.25 bits per heavy atom. The summed E-state index contributed by atoms with van der Waals surface area (Å²) >= 11 is 0. The number of halogens is 1. The fourth-order valence-electron chi connectivity index (χ4n) is 2.61. The summed E-state index contributed by atoms with van der Waals surface area (Å²) in [6.07, 6.45) is 0.836. The first-order valence-electron chi connectivity index (χ1n) is 8.51. The highest BCUT2D eigenvalue weighted by Gasteiger charge is 2.14. The molecule has 0 radical (unpaired) electrons. The summed E-state index contributed by atoms with van der Waals surface area (Å²) in [4.78, 5) is 4.29. The van der Waals surface area contributed by atoms with Crippen molar-refractivity contribution in [3.05, 3.63) is 54.5 Å². The SMILES string of the molecule is COc1ccc2c(Nc3ccc(S(=N)(=O)NC[C@@H](C)O)cc3F)ccnc2c1. The maximum absolute atomic E-state index is 14.6. The topological polar surface area (TPSA) is 107 Å². The Morgan fingerprint density at radius 2 is 2.04 bits per heavy atom. The molecule has 0 saturated heterocycles. The lowest BCUT2D eigenvalue weighted by Crippen LogP contribution is -2.29. The van der Waals surface area contributed by atoms with Crippen LogP contribution in [-0.2, 0) is 9.92 Å². The maximum atomic E-state index is 14.6. The van der Waals surface area contributed by atoms with Gasteiger partial charge in [-0.1, -0.05) is 0 Å². The van der Waals surface area contributed by atoms with Gasteiger partial charge in [0.1, 0.15) is 21.5 Å². The number of methoxy groups -OCH3 is 1. The number of aromatic nitrogens is 1. The number of nitrogens with zero attached hydrogens (tertiary/aromatic N) is 1. The molecule has 0 amide bonds. The third-order valence-corrected chi connectivity index (χ3v) is 5.56. The number of aliphatic hydroxyl groups excluding tert-OH is 1. The zero-order chi connectivity index (χ0) is 20.3. The third-order valence-electron chi connectivity index (χ3n) is 4.07. The summed E-state index contributed by atoms with van der Waals surface area (Å²) < 4.78 is 42.5.